The van der Waals surface area contributed by atoms with Crippen molar-refractivity contribution in [2.24, 2.45) is 0 Å². The number of methoxy groups -OCH3 is 1. The van der Waals surface area contributed by atoms with E-state index in [2.05, 4.69) is 0 Å². The summed E-state index contributed by atoms with van der Waals surface area (Å²) in [6.07, 6.45) is 0.124. The molecular weight excluding hydrogens is 314 g/mol. The average molecular weight is 329 g/mol. The first-order valence-electron chi connectivity index (χ1n) is 6.36. The highest BCUT2D eigenvalue weighted by Crippen LogP contribution is 2.33. The Morgan fingerprint density at radius 3 is 2.52 bits per heavy atom. The maximum absolute atomic E-state index is 14.2. The molecule has 112 valence electrons. The van der Waals surface area contributed by atoms with Crippen LogP contribution in [0.2, 0.25) is 5.02 Å². The van der Waals surface area contributed by atoms with Gasteiger partial charge in [0.1, 0.15) is 17.2 Å². The van der Waals surface area contributed by atoms with Crippen LogP contribution in [0.25, 0.3) is 0 Å². The Hall–Kier alpha value is -1.29. The summed E-state index contributed by atoms with van der Waals surface area (Å²) in [5.74, 6) is -0.336. The Morgan fingerprint density at radius 2 is 1.95 bits per heavy atom. The third-order valence-corrected chi connectivity index (χ3v) is 4.15. The van der Waals surface area contributed by atoms with Crippen molar-refractivity contribution in [2.45, 2.75) is 12.0 Å². The monoisotopic (exact) mass is 328 g/mol. The molecule has 0 radical (unpaired) electrons. The van der Waals surface area contributed by atoms with Gasteiger partial charge in [0.2, 0.25) is 0 Å². The molecule has 0 bridgehead atoms. The van der Waals surface area contributed by atoms with Crippen molar-refractivity contribution in [3.63, 3.8) is 0 Å². The fourth-order valence-electron chi connectivity index (χ4n) is 2.17. The second-order valence-electron chi connectivity index (χ2n) is 4.78. The minimum absolute atomic E-state index is 0.123. The Balaban J connectivity index is 2.39. The van der Waals surface area contributed by atoms with Gasteiger partial charge in [-0.15, -0.1) is 11.6 Å². The van der Waals surface area contributed by atoms with Crippen LogP contribution in [0.4, 0.5) is 4.39 Å². The second-order valence-corrected chi connectivity index (χ2v) is 5.45. The number of benzene rings is 2. The number of aliphatic hydroxyl groups is 1. The minimum Gasteiger partial charge on any atom is -0.497 e. The lowest BCUT2D eigenvalue weighted by atomic mass is 9.88. The van der Waals surface area contributed by atoms with Crippen LogP contribution in [0.15, 0.2) is 42.5 Å². The summed E-state index contributed by atoms with van der Waals surface area (Å²) < 4.78 is 19.1. The summed E-state index contributed by atoms with van der Waals surface area (Å²) in [5.41, 5.74) is -0.709. The predicted molar refractivity (Wildman–Crippen MR) is 82.7 cm³/mol. The van der Waals surface area contributed by atoms with Crippen LogP contribution in [0.3, 0.4) is 0 Å². The van der Waals surface area contributed by atoms with Gasteiger partial charge in [0.25, 0.3) is 0 Å². The molecule has 0 aliphatic carbocycles. The molecule has 1 N–H and O–H groups in total. The molecule has 0 fully saturated rings. The van der Waals surface area contributed by atoms with Gasteiger partial charge in [-0.3, -0.25) is 0 Å². The highest BCUT2D eigenvalue weighted by molar-refractivity contribution is 6.31. The smallest absolute Gasteiger partial charge is 0.133 e. The molecule has 0 saturated carbocycles. The Labute approximate surface area is 133 Å². The summed E-state index contributed by atoms with van der Waals surface area (Å²) in [7, 11) is 1.45. The number of hydrogen-bond acceptors (Lipinski definition) is 2. The van der Waals surface area contributed by atoms with Crippen LogP contribution in [0.5, 0.6) is 5.75 Å². The molecule has 2 aromatic carbocycles. The molecule has 1 atom stereocenters. The molecule has 0 aliphatic rings. The largest absolute Gasteiger partial charge is 0.497 e. The van der Waals surface area contributed by atoms with Gasteiger partial charge in [0, 0.05) is 23.1 Å². The molecule has 2 rings (SSSR count). The lowest BCUT2D eigenvalue weighted by Crippen LogP contribution is -2.32. The summed E-state index contributed by atoms with van der Waals surface area (Å²) in [6, 6.07) is 11.4. The topological polar surface area (TPSA) is 29.5 Å². The zero-order valence-electron chi connectivity index (χ0n) is 11.4. The van der Waals surface area contributed by atoms with Crippen molar-refractivity contribution in [3.05, 3.63) is 64.4 Å². The van der Waals surface area contributed by atoms with E-state index in [4.69, 9.17) is 27.9 Å². The third-order valence-electron chi connectivity index (χ3n) is 3.34. The van der Waals surface area contributed by atoms with Gasteiger partial charge in [0.05, 0.1) is 13.0 Å². The molecule has 2 nitrogen and oxygen atoms in total. The van der Waals surface area contributed by atoms with Gasteiger partial charge in [-0.2, -0.15) is 0 Å². The number of ether oxygens (including phenoxy) is 1. The standard InChI is InChI=1S/C16H15Cl2FO2/c1-21-12-6-7-13(15(19)8-12)16(20,10-17)9-11-4-2-3-5-14(11)18/h2-8,20H,9-10H2,1H3. The molecule has 0 spiro atoms. The maximum Gasteiger partial charge on any atom is 0.133 e. The van der Waals surface area contributed by atoms with Gasteiger partial charge in [-0.1, -0.05) is 29.8 Å². The van der Waals surface area contributed by atoms with Crippen molar-refractivity contribution < 1.29 is 14.2 Å². The van der Waals surface area contributed by atoms with E-state index in [1.807, 2.05) is 0 Å². The van der Waals surface area contributed by atoms with Crippen molar-refractivity contribution in [1.29, 1.82) is 0 Å². The lowest BCUT2D eigenvalue weighted by molar-refractivity contribution is 0.0575. The Bertz CT molecular complexity index is 633. The van der Waals surface area contributed by atoms with Crippen LogP contribution in [-0.2, 0) is 12.0 Å². The van der Waals surface area contributed by atoms with Crippen LogP contribution in [-0.4, -0.2) is 18.1 Å². The van der Waals surface area contributed by atoms with Gasteiger partial charge in [-0.25, -0.2) is 4.39 Å². The van der Waals surface area contributed by atoms with Gasteiger partial charge >= 0.3 is 0 Å². The summed E-state index contributed by atoms with van der Waals surface area (Å²) in [4.78, 5) is 0. The molecular formula is C16H15Cl2FO2. The Morgan fingerprint density at radius 1 is 1.24 bits per heavy atom. The van der Waals surface area contributed by atoms with Crippen molar-refractivity contribution in [3.8, 4) is 5.75 Å². The van der Waals surface area contributed by atoms with E-state index in [1.54, 1.807) is 30.3 Å². The van der Waals surface area contributed by atoms with Crippen LogP contribution < -0.4 is 4.74 Å². The van der Waals surface area contributed by atoms with Crippen LogP contribution in [0, 0.1) is 5.82 Å². The van der Waals surface area contributed by atoms with E-state index in [0.717, 1.165) is 0 Å². The van der Waals surface area contributed by atoms with E-state index in [0.29, 0.717) is 16.3 Å². The normalized spacial score (nSPS) is 13.8. The van der Waals surface area contributed by atoms with Gasteiger partial charge < -0.3 is 9.84 Å². The number of rotatable bonds is 5. The quantitative estimate of drug-likeness (QED) is 0.835. The summed E-state index contributed by atoms with van der Waals surface area (Å²) in [5, 5.41) is 11.3. The number of halogens is 3. The fourth-order valence-corrected chi connectivity index (χ4v) is 2.61. The van der Waals surface area contributed by atoms with E-state index < -0.39 is 11.4 Å². The zero-order valence-corrected chi connectivity index (χ0v) is 13.0. The molecule has 0 amide bonds. The van der Waals surface area contributed by atoms with E-state index in [9.17, 15) is 9.50 Å². The first-order valence-corrected chi connectivity index (χ1v) is 7.27. The third kappa shape index (κ3) is 3.49. The van der Waals surface area contributed by atoms with E-state index in [1.165, 1.54) is 19.2 Å². The molecule has 5 heteroatoms. The molecule has 0 aromatic heterocycles. The van der Waals surface area contributed by atoms with E-state index in [-0.39, 0.29) is 17.9 Å². The molecule has 0 heterocycles. The zero-order chi connectivity index (χ0) is 15.5. The first-order chi connectivity index (χ1) is 10.00. The minimum atomic E-state index is -1.54. The molecule has 21 heavy (non-hydrogen) atoms. The second kappa shape index (κ2) is 6.65. The number of alkyl halides is 1. The Kier molecular flexibility index (Phi) is 5.09. The van der Waals surface area contributed by atoms with Crippen LogP contribution in [0.1, 0.15) is 11.1 Å². The van der Waals surface area contributed by atoms with Gasteiger partial charge in [0.15, 0.2) is 0 Å². The van der Waals surface area contributed by atoms with Crippen molar-refractivity contribution >= 4 is 23.2 Å². The summed E-state index contributed by atoms with van der Waals surface area (Å²) >= 11 is 12.0. The molecule has 2 aromatic rings. The van der Waals surface area contributed by atoms with E-state index >= 15 is 0 Å². The fraction of sp³-hybridized carbons (Fsp3) is 0.250. The average Bonchev–Trinajstić information content (AvgIpc) is 2.49. The lowest BCUT2D eigenvalue weighted by Gasteiger charge is -2.27. The highest BCUT2D eigenvalue weighted by Gasteiger charge is 2.32. The highest BCUT2D eigenvalue weighted by atomic mass is 35.5. The van der Waals surface area contributed by atoms with Gasteiger partial charge in [-0.05, 0) is 23.8 Å². The SMILES string of the molecule is COc1ccc(C(O)(CCl)Cc2ccccc2Cl)c(F)c1. The first kappa shape index (κ1) is 16.1. The summed E-state index contributed by atoms with van der Waals surface area (Å²) in [6.45, 7) is 0. The van der Waals surface area contributed by atoms with Crippen molar-refractivity contribution in [1.82, 2.24) is 0 Å². The van der Waals surface area contributed by atoms with Crippen LogP contribution >= 0.6 is 23.2 Å². The maximum atomic E-state index is 14.2. The molecule has 0 saturated heterocycles. The number of hydrogen-bond donors (Lipinski definition) is 1. The molecule has 1 unspecified atom stereocenters. The molecule has 0 aliphatic heterocycles. The van der Waals surface area contributed by atoms with Crippen molar-refractivity contribution in [2.75, 3.05) is 13.0 Å². The predicted octanol–water partition coefficient (Wildman–Crippen LogP) is 4.16.